The number of nitrogens with one attached hydrogen (secondary N) is 1. The molecule has 1 N–H and O–H groups in total. The van der Waals surface area contributed by atoms with E-state index in [1.165, 1.54) is 24.2 Å². The zero-order valence-electron chi connectivity index (χ0n) is 8.09. The summed E-state index contributed by atoms with van der Waals surface area (Å²) in [4.78, 5) is 2.37. The van der Waals surface area contributed by atoms with Gasteiger partial charge in [0, 0.05) is 18.8 Å². The van der Waals surface area contributed by atoms with Gasteiger partial charge in [-0.25, -0.2) is 0 Å². The fourth-order valence-corrected chi connectivity index (χ4v) is 1.77. The van der Waals surface area contributed by atoms with Gasteiger partial charge >= 0.3 is 0 Å². The molecule has 1 heterocycles. The Labute approximate surface area is 79.6 Å². The maximum atomic E-state index is 3.46. The minimum atomic E-state index is 1.06. The molecule has 2 rings (SSSR count). The summed E-state index contributed by atoms with van der Waals surface area (Å²) in [6, 6.07) is 8.56. The van der Waals surface area contributed by atoms with Gasteiger partial charge in [0.05, 0.1) is 0 Å². The van der Waals surface area contributed by atoms with Crippen molar-refractivity contribution in [2.75, 3.05) is 25.5 Å². The number of hydrogen-bond acceptors (Lipinski definition) is 2. The first-order valence-electron chi connectivity index (χ1n) is 4.86. The van der Waals surface area contributed by atoms with Crippen LogP contribution < -0.4 is 5.32 Å². The lowest BCUT2D eigenvalue weighted by Crippen LogP contribution is -2.24. The third-order valence-electron chi connectivity index (χ3n) is 2.49. The van der Waals surface area contributed by atoms with Gasteiger partial charge in [0.1, 0.15) is 0 Å². The van der Waals surface area contributed by atoms with E-state index in [-0.39, 0.29) is 0 Å². The van der Waals surface area contributed by atoms with E-state index >= 15 is 0 Å². The lowest BCUT2D eigenvalue weighted by atomic mass is 10.1. The number of benzene rings is 1. The number of anilines is 1. The minimum absolute atomic E-state index is 1.06. The summed E-state index contributed by atoms with van der Waals surface area (Å²) in [5.41, 5.74) is 2.71. The number of hydrogen-bond donors (Lipinski definition) is 1. The van der Waals surface area contributed by atoms with Gasteiger partial charge in [0.2, 0.25) is 0 Å². The highest BCUT2D eigenvalue weighted by Gasteiger charge is 2.07. The van der Waals surface area contributed by atoms with Crippen LogP contribution in [0.5, 0.6) is 0 Å². The largest absolute Gasteiger partial charge is 0.385 e. The van der Waals surface area contributed by atoms with E-state index in [1.54, 1.807) is 0 Å². The van der Waals surface area contributed by atoms with Crippen molar-refractivity contribution in [2.24, 2.45) is 0 Å². The Bertz CT molecular complexity index is 283. The molecule has 1 aromatic carbocycles. The fraction of sp³-hybridized carbons (Fsp3) is 0.455. The molecule has 0 radical (unpaired) electrons. The van der Waals surface area contributed by atoms with Gasteiger partial charge in [-0.3, -0.25) is 0 Å². The second-order valence-electron chi connectivity index (χ2n) is 3.68. The molecular formula is C11H16N2. The summed E-state index contributed by atoms with van der Waals surface area (Å²) in [5.74, 6) is 0. The molecule has 0 atom stereocenters. The Morgan fingerprint density at radius 3 is 3.08 bits per heavy atom. The molecular weight excluding hydrogens is 160 g/mol. The molecule has 1 aliphatic rings. The maximum Gasteiger partial charge on any atom is 0.0385 e. The highest BCUT2D eigenvalue weighted by Crippen LogP contribution is 2.18. The third-order valence-corrected chi connectivity index (χ3v) is 2.49. The molecule has 0 saturated heterocycles. The Hall–Kier alpha value is -1.02. The van der Waals surface area contributed by atoms with E-state index < -0.39 is 0 Å². The zero-order valence-corrected chi connectivity index (χ0v) is 8.09. The molecule has 0 unspecified atom stereocenters. The van der Waals surface area contributed by atoms with E-state index in [1.807, 2.05) is 0 Å². The number of fused-ring (bicyclic) bond motifs is 1. The van der Waals surface area contributed by atoms with Gasteiger partial charge < -0.3 is 10.2 Å². The summed E-state index contributed by atoms with van der Waals surface area (Å²) in [7, 11) is 2.18. The van der Waals surface area contributed by atoms with Gasteiger partial charge in [0.25, 0.3) is 0 Å². The predicted molar refractivity (Wildman–Crippen MR) is 55.9 cm³/mol. The van der Waals surface area contributed by atoms with E-state index in [0.717, 1.165) is 13.1 Å². The van der Waals surface area contributed by atoms with Crippen LogP contribution >= 0.6 is 0 Å². The first-order chi connectivity index (χ1) is 6.36. The number of nitrogens with zero attached hydrogens (tertiary/aromatic N) is 1. The smallest absolute Gasteiger partial charge is 0.0385 e. The van der Waals surface area contributed by atoms with Crippen LogP contribution in [0.2, 0.25) is 0 Å². The van der Waals surface area contributed by atoms with E-state index in [0.29, 0.717) is 0 Å². The van der Waals surface area contributed by atoms with E-state index in [9.17, 15) is 0 Å². The molecule has 0 bridgehead atoms. The van der Waals surface area contributed by atoms with Gasteiger partial charge in [-0.1, -0.05) is 18.2 Å². The van der Waals surface area contributed by atoms with Crippen LogP contribution in [0, 0.1) is 0 Å². The number of rotatable bonds is 0. The fourth-order valence-electron chi connectivity index (χ4n) is 1.77. The molecule has 0 saturated carbocycles. The van der Waals surface area contributed by atoms with Crippen molar-refractivity contribution >= 4 is 5.69 Å². The SMILES string of the molecule is CN1CCCNc2ccccc2C1. The van der Waals surface area contributed by atoms with Crippen molar-refractivity contribution in [3.05, 3.63) is 29.8 Å². The molecule has 1 aromatic rings. The molecule has 13 heavy (non-hydrogen) atoms. The topological polar surface area (TPSA) is 15.3 Å². The summed E-state index contributed by atoms with van der Waals surface area (Å²) >= 11 is 0. The van der Waals surface area contributed by atoms with Crippen LogP contribution in [0.3, 0.4) is 0 Å². The van der Waals surface area contributed by atoms with Crippen molar-refractivity contribution in [3.63, 3.8) is 0 Å². The third kappa shape index (κ3) is 2.01. The molecule has 0 fully saturated rings. The first-order valence-corrected chi connectivity index (χ1v) is 4.86. The van der Waals surface area contributed by atoms with Crippen molar-refractivity contribution in [1.82, 2.24) is 4.90 Å². The second kappa shape index (κ2) is 3.79. The van der Waals surface area contributed by atoms with Crippen molar-refractivity contribution in [2.45, 2.75) is 13.0 Å². The van der Waals surface area contributed by atoms with Crippen LogP contribution in [0.1, 0.15) is 12.0 Å². The lowest BCUT2D eigenvalue weighted by molar-refractivity contribution is 0.322. The zero-order chi connectivity index (χ0) is 9.10. The molecule has 1 aliphatic heterocycles. The van der Waals surface area contributed by atoms with Gasteiger partial charge in [-0.15, -0.1) is 0 Å². The van der Waals surface area contributed by atoms with Crippen LogP contribution in [-0.2, 0) is 6.54 Å². The Morgan fingerprint density at radius 1 is 1.31 bits per heavy atom. The summed E-state index contributed by atoms with van der Waals surface area (Å²) in [6.45, 7) is 3.33. The van der Waals surface area contributed by atoms with E-state index in [4.69, 9.17) is 0 Å². The molecule has 70 valence electrons. The minimum Gasteiger partial charge on any atom is -0.385 e. The Balaban J connectivity index is 2.25. The van der Waals surface area contributed by atoms with Crippen molar-refractivity contribution in [3.8, 4) is 0 Å². The maximum absolute atomic E-state index is 3.46. The average molecular weight is 176 g/mol. The molecule has 2 heteroatoms. The predicted octanol–water partition coefficient (Wildman–Crippen LogP) is 1.93. The van der Waals surface area contributed by atoms with Crippen LogP contribution in [0.4, 0.5) is 5.69 Å². The van der Waals surface area contributed by atoms with Crippen LogP contribution in [-0.4, -0.2) is 25.0 Å². The summed E-state index contributed by atoms with van der Waals surface area (Å²) < 4.78 is 0. The highest BCUT2D eigenvalue weighted by molar-refractivity contribution is 5.51. The van der Waals surface area contributed by atoms with Crippen molar-refractivity contribution < 1.29 is 0 Å². The summed E-state index contributed by atoms with van der Waals surface area (Å²) in [5, 5.41) is 3.46. The van der Waals surface area contributed by atoms with Crippen molar-refractivity contribution in [1.29, 1.82) is 0 Å². The van der Waals surface area contributed by atoms with E-state index in [2.05, 4.69) is 41.5 Å². The van der Waals surface area contributed by atoms with Gasteiger partial charge in [0.15, 0.2) is 0 Å². The van der Waals surface area contributed by atoms with Crippen LogP contribution in [0.25, 0.3) is 0 Å². The monoisotopic (exact) mass is 176 g/mol. The van der Waals surface area contributed by atoms with Gasteiger partial charge in [-0.2, -0.15) is 0 Å². The normalized spacial score (nSPS) is 18.2. The summed E-state index contributed by atoms with van der Waals surface area (Å²) in [6.07, 6.45) is 1.23. The lowest BCUT2D eigenvalue weighted by Gasteiger charge is -2.22. The standard InChI is InChI=1S/C11H16N2/c1-13-8-4-7-12-11-6-3-2-5-10(11)9-13/h2-3,5-6,12H,4,7-9H2,1H3. The molecule has 0 amide bonds. The van der Waals surface area contributed by atoms with Gasteiger partial charge in [-0.05, 0) is 31.6 Å². The first kappa shape index (κ1) is 8.57. The number of para-hydroxylation sites is 1. The molecule has 0 aromatic heterocycles. The second-order valence-corrected chi connectivity index (χ2v) is 3.68. The quantitative estimate of drug-likeness (QED) is 0.650. The Morgan fingerprint density at radius 2 is 2.15 bits per heavy atom. The molecule has 0 spiro atoms. The Kier molecular flexibility index (Phi) is 2.50. The average Bonchev–Trinajstić information content (AvgIpc) is 2.11. The molecule has 2 nitrogen and oxygen atoms in total. The molecule has 0 aliphatic carbocycles. The highest BCUT2D eigenvalue weighted by atomic mass is 15.1. The van der Waals surface area contributed by atoms with Crippen LogP contribution in [0.15, 0.2) is 24.3 Å².